The van der Waals surface area contributed by atoms with Crippen molar-refractivity contribution in [3.05, 3.63) is 35.9 Å². The maximum atomic E-state index is 5.55. The van der Waals surface area contributed by atoms with Gasteiger partial charge in [0, 0.05) is 0 Å². The molecule has 0 N–H and O–H groups in total. The monoisotopic (exact) mass is 190 g/mol. The molecular formula is C12H14O2. The molecule has 4 rings (SSSR count). The second kappa shape index (κ2) is 3.07. The van der Waals surface area contributed by atoms with Crippen molar-refractivity contribution in [3.63, 3.8) is 0 Å². The van der Waals surface area contributed by atoms with Gasteiger partial charge in [0.05, 0.1) is 6.10 Å². The third-order valence-corrected chi connectivity index (χ3v) is 3.38. The lowest BCUT2D eigenvalue weighted by atomic mass is 9.78. The zero-order chi connectivity index (χ0) is 9.43. The highest BCUT2D eigenvalue weighted by atomic mass is 17.2. The molecule has 2 aliphatic heterocycles. The van der Waals surface area contributed by atoms with Crippen LogP contribution >= 0.6 is 0 Å². The summed E-state index contributed by atoms with van der Waals surface area (Å²) >= 11 is 0. The first-order chi connectivity index (χ1) is 6.89. The van der Waals surface area contributed by atoms with Gasteiger partial charge < -0.3 is 0 Å². The maximum Gasteiger partial charge on any atom is 0.129 e. The Labute approximate surface area is 83.8 Å². The summed E-state index contributed by atoms with van der Waals surface area (Å²) in [6.45, 7) is 0. The van der Waals surface area contributed by atoms with Crippen LogP contribution in [0.3, 0.4) is 0 Å². The van der Waals surface area contributed by atoms with E-state index in [0.29, 0.717) is 6.10 Å². The van der Waals surface area contributed by atoms with Crippen molar-refractivity contribution in [2.24, 2.45) is 0 Å². The normalized spacial score (nSPS) is 35.9. The van der Waals surface area contributed by atoms with Crippen molar-refractivity contribution in [3.8, 4) is 0 Å². The summed E-state index contributed by atoms with van der Waals surface area (Å²) in [5, 5.41) is 0. The van der Waals surface area contributed by atoms with Gasteiger partial charge in [-0.3, -0.25) is 0 Å². The average molecular weight is 190 g/mol. The first-order valence-corrected chi connectivity index (χ1v) is 5.29. The van der Waals surface area contributed by atoms with E-state index in [2.05, 4.69) is 24.3 Å². The summed E-state index contributed by atoms with van der Waals surface area (Å²) in [4.78, 5) is 10.9. The molecule has 74 valence electrons. The fraction of sp³-hybridized carbons (Fsp3) is 0.500. The Bertz CT molecular complexity index is 299. The largest absolute Gasteiger partial charge is 0.232 e. The van der Waals surface area contributed by atoms with Crippen molar-refractivity contribution in [2.75, 3.05) is 0 Å². The number of fused-ring (bicyclic) bond motifs is 3. The summed E-state index contributed by atoms with van der Waals surface area (Å²) in [6, 6.07) is 10.4. The maximum absolute atomic E-state index is 5.55. The van der Waals surface area contributed by atoms with Crippen LogP contribution in [0, 0.1) is 0 Å². The van der Waals surface area contributed by atoms with E-state index in [9.17, 15) is 0 Å². The fourth-order valence-electron chi connectivity index (χ4n) is 2.48. The van der Waals surface area contributed by atoms with E-state index in [-0.39, 0.29) is 5.60 Å². The summed E-state index contributed by atoms with van der Waals surface area (Å²) < 4.78 is 0. The molecule has 2 heterocycles. The second-order valence-corrected chi connectivity index (χ2v) is 4.24. The van der Waals surface area contributed by atoms with Gasteiger partial charge in [0.2, 0.25) is 0 Å². The molecule has 2 saturated heterocycles. The molecule has 1 aliphatic carbocycles. The van der Waals surface area contributed by atoms with Gasteiger partial charge in [-0.05, 0) is 31.2 Å². The topological polar surface area (TPSA) is 18.5 Å². The molecule has 1 saturated carbocycles. The predicted molar refractivity (Wildman–Crippen MR) is 52.5 cm³/mol. The second-order valence-electron chi connectivity index (χ2n) is 4.24. The van der Waals surface area contributed by atoms with E-state index in [1.54, 1.807) is 0 Å². The predicted octanol–water partition coefficient (Wildman–Crippen LogP) is 2.79. The van der Waals surface area contributed by atoms with Crippen molar-refractivity contribution in [2.45, 2.75) is 37.4 Å². The van der Waals surface area contributed by atoms with E-state index < -0.39 is 0 Å². The summed E-state index contributed by atoms with van der Waals surface area (Å²) in [7, 11) is 0. The van der Waals surface area contributed by atoms with Crippen LogP contribution in [-0.2, 0) is 15.4 Å². The Balaban J connectivity index is 1.96. The zero-order valence-corrected chi connectivity index (χ0v) is 8.11. The van der Waals surface area contributed by atoms with Gasteiger partial charge in [0.1, 0.15) is 5.60 Å². The molecule has 1 aromatic rings. The van der Waals surface area contributed by atoms with Crippen LogP contribution in [0.2, 0.25) is 0 Å². The number of hydrogen-bond acceptors (Lipinski definition) is 2. The number of rotatable bonds is 1. The van der Waals surface area contributed by atoms with Gasteiger partial charge in [0.25, 0.3) is 0 Å². The Hall–Kier alpha value is -0.860. The summed E-state index contributed by atoms with van der Waals surface area (Å²) in [5.41, 5.74) is 1.12. The van der Waals surface area contributed by atoms with Crippen molar-refractivity contribution >= 4 is 0 Å². The molecule has 0 amide bonds. The molecule has 1 aromatic carbocycles. The van der Waals surface area contributed by atoms with Crippen LogP contribution in [0.25, 0.3) is 0 Å². The highest BCUT2D eigenvalue weighted by Crippen LogP contribution is 2.46. The molecule has 2 heteroatoms. The lowest BCUT2D eigenvalue weighted by molar-refractivity contribution is -0.440. The fourth-order valence-corrected chi connectivity index (χ4v) is 2.48. The first-order valence-electron chi connectivity index (χ1n) is 5.29. The third kappa shape index (κ3) is 1.18. The molecule has 14 heavy (non-hydrogen) atoms. The van der Waals surface area contributed by atoms with E-state index in [0.717, 1.165) is 25.7 Å². The van der Waals surface area contributed by atoms with Crippen LogP contribution in [0.5, 0.6) is 0 Å². The van der Waals surface area contributed by atoms with Crippen LogP contribution in [0.1, 0.15) is 31.2 Å². The lowest BCUT2D eigenvalue weighted by Crippen LogP contribution is -2.43. The molecule has 3 fully saturated rings. The molecule has 0 spiro atoms. The van der Waals surface area contributed by atoms with Gasteiger partial charge in [-0.15, -0.1) is 0 Å². The average Bonchev–Trinajstić information content (AvgIpc) is 2.33. The van der Waals surface area contributed by atoms with E-state index >= 15 is 0 Å². The SMILES string of the molecule is c1ccc(C23CCC(CC2)OO3)cc1. The zero-order valence-electron chi connectivity index (χ0n) is 8.11. The third-order valence-electron chi connectivity index (χ3n) is 3.38. The molecule has 0 aromatic heterocycles. The van der Waals surface area contributed by atoms with Gasteiger partial charge >= 0.3 is 0 Å². The first kappa shape index (κ1) is 8.45. The minimum Gasteiger partial charge on any atom is -0.232 e. The smallest absolute Gasteiger partial charge is 0.129 e. The van der Waals surface area contributed by atoms with Gasteiger partial charge in [-0.25, -0.2) is 9.78 Å². The Morgan fingerprint density at radius 2 is 1.79 bits per heavy atom. The van der Waals surface area contributed by atoms with Gasteiger partial charge in [-0.2, -0.15) is 0 Å². The summed E-state index contributed by atoms with van der Waals surface area (Å²) in [6.07, 6.45) is 4.81. The molecule has 0 unspecified atom stereocenters. The van der Waals surface area contributed by atoms with Gasteiger partial charge in [-0.1, -0.05) is 30.3 Å². The highest BCUT2D eigenvalue weighted by Gasteiger charge is 2.44. The van der Waals surface area contributed by atoms with Crippen LogP contribution in [-0.4, -0.2) is 6.10 Å². The molecule has 3 aliphatic rings. The highest BCUT2D eigenvalue weighted by molar-refractivity contribution is 5.23. The Kier molecular flexibility index (Phi) is 1.85. The minimum absolute atomic E-state index is 0.143. The van der Waals surface area contributed by atoms with Gasteiger partial charge in [0.15, 0.2) is 0 Å². The van der Waals surface area contributed by atoms with Crippen LogP contribution in [0.4, 0.5) is 0 Å². The molecule has 0 radical (unpaired) electrons. The van der Waals surface area contributed by atoms with Crippen molar-refractivity contribution < 1.29 is 9.78 Å². The molecule has 2 bridgehead atoms. The Morgan fingerprint density at radius 3 is 2.36 bits per heavy atom. The van der Waals surface area contributed by atoms with E-state index in [1.165, 1.54) is 5.56 Å². The van der Waals surface area contributed by atoms with Crippen molar-refractivity contribution in [1.82, 2.24) is 0 Å². The summed E-state index contributed by atoms with van der Waals surface area (Å²) in [5.74, 6) is 0. The number of hydrogen-bond donors (Lipinski definition) is 0. The van der Waals surface area contributed by atoms with E-state index in [4.69, 9.17) is 9.78 Å². The Morgan fingerprint density at radius 1 is 1.07 bits per heavy atom. The quantitative estimate of drug-likeness (QED) is 0.634. The minimum atomic E-state index is -0.143. The molecular weight excluding hydrogens is 176 g/mol. The van der Waals surface area contributed by atoms with E-state index in [1.807, 2.05) is 6.07 Å². The molecule has 2 nitrogen and oxygen atoms in total. The van der Waals surface area contributed by atoms with Crippen LogP contribution < -0.4 is 0 Å². The lowest BCUT2D eigenvalue weighted by Gasteiger charge is -2.44. The standard InChI is InChI=1S/C12H14O2/c1-2-4-10(5-3-1)12-8-6-11(7-9-12)13-14-12/h1-5,11H,6-9H2. The number of benzene rings is 1. The van der Waals surface area contributed by atoms with Crippen LogP contribution in [0.15, 0.2) is 30.3 Å². The van der Waals surface area contributed by atoms with Crippen molar-refractivity contribution in [1.29, 1.82) is 0 Å². The molecule has 0 atom stereocenters.